The van der Waals surface area contributed by atoms with Crippen LogP contribution in [0.25, 0.3) is 22.3 Å². The Labute approximate surface area is 336 Å². The highest BCUT2D eigenvalue weighted by Gasteiger charge is 2.22. The lowest BCUT2D eigenvalue weighted by Gasteiger charge is -2.15. The molecule has 6 rings (SSSR count). The van der Waals surface area contributed by atoms with Gasteiger partial charge in [0, 0.05) is 47.2 Å². The number of hydrogen-bond acceptors (Lipinski definition) is 1. The molecular formula is C48H40F10O. The lowest BCUT2D eigenvalue weighted by Crippen LogP contribution is -2.03. The maximum atomic E-state index is 15.7. The number of rotatable bonds is 18. The minimum atomic E-state index is -1.27. The monoisotopic (exact) mass is 822 g/mol. The van der Waals surface area contributed by atoms with Gasteiger partial charge in [-0.05, 0) is 120 Å². The molecule has 0 bridgehead atoms. The molecule has 0 fully saturated rings. The van der Waals surface area contributed by atoms with E-state index in [4.69, 9.17) is 4.74 Å². The van der Waals surface area contributed by atoms with E-state index in [0.717, 1.165) is 24.3 Å². The molecule has 0 unspecified atom stereocenters. The fourth-order valence-corrected chi connectivity index (χ4v) is 7.09. The lowest BCUT2D eigenvalue weighted by molar-refractivity contribution is 0.456. The third kappa shape index (κ3) is 10.5. The first-order valence-electron chi connectivity index (χ1n) is 19.3. The quantitative estimate of drug-likeness (QED) is 0.0620. The van der Waals surface area contributed by atoms with Gasteiger partial charge >= 0.3 is 0 Å². The summed E-state index contributed by atoms with van der Waals surface area (Å²) in [5.74, 6) is -8.22. The Hall–Kier alpha value is -5.58. The summed E-state index contributed by atoms with van der Waals surface area (Å²) in [6.45, 7) is -0.861. The number of unbranched alkanes of at least 4 members (excludes halogenated alkanes) is 4. The predicted octanol–water partition coefficient (Wildman–Crippen LogP) is 14.5. The third-order valence-corrected chi connectivity index (χ3v) is 10.3. The first-order chi connectivity index (χ1) is 28.5. The molecule has 0 aliphatic heterocycles. The molecule has 0 aliphatic carbocycles. The van der Waals surface area contributed by atoms with Gasteiger partial charge in [-0.25, -0.2) is 35.1 Å². The molecule has 6 aromatic carbocycles. The number of alkyl halides is 2. The molecule has 1 nitrogen and oxygen atoms in total. The normalized spacial score (nSPS) is 11.4. The SMILES string of the molecule is FCCCCCc1ccc(Cc2c(-c3ccc(Oc4ccc(-c5ccc(F)c(F)c5Cc5ccc(CCCCCF)cc5F)c(F)c4)cc3F)ccc(F)c2F)c(F)c1. The van der Waals surface area contributed by atoms with Crippen molar-refractivity contribution in [1.82, 2.24) is 0 Å². The maximum absolute atomic E-state index is 15.7. The molecular weight excluding hydrogens is 783 g/mol. The van der Waals surface area contributed by atoms with Crippen molar-refractivity contribution in [2.24, 2.45) is 0 Å². The standard InChI is InChI=1S/C48H40F10O/c49-21-5-1-3-7-29-9-11-31(43(53)23-29)25-39-35(17-19-41(51)47(39)57)37-15-13-33(27-45(37)55)59-34-14-16-38(46(56)28-34)36-18-20-42(52)48(58)40(36)26-32-12-10-30(24-44(32)54)8-4-2-6-22-50/h9-20,23-24,27-28H,1-8,21-22,25-26H2. The van der Waals surface area contributed by atoms with Gasteiger partial charge in [0.2, 0.25) is 0 Å². The Balaban J connectivity index is 1.20. The van der Waals surface area contributed by atoms with Crippen LogP contribution in [0.5, 0.6) is 11.5 Å². The van der Waals surface area contributed by atoms with E-state index in [-0.39, 0.29) is 68.8 Å². The minimum absolute atomic E-state index is 0.0265. The van der Waals surface area contributed by atoms with Crippen LogP contribution < -0.4 is 4.74 Å². The zero-order valence-electron chi connectivity index (χ0n) is 31.9. The van der Waals surface area contributed by atoms with Crippen molar-refractivity contribution in [3.8, 4) is 33.8 Å². The Morgan fingerprint density at radius 3 is 1.14 bits per heavy atom. The molecule has 308 valence electrons. The summed E-state index contributed by atoms with van der Waals surface area (Å²) in [6.07, 6.45) is 3.70. The number of hydrogen-bond donors (Lipinski definition) is 0. The Morgan fingerprint density at radius 2 is 0.763 bits per heavy atom. The first kappa shape index (κ1) is 43.0. The van der Waals surface area contributed by atoms with Gasteiger partial charge in [0.15, 0.2) is 23.3 Å². The average molecular weight is 823 g/mol. The molecule has 0 N–H and O–H groups in total. The Kier molecular flexibility index (Phi) is 14.5. The summed E-state index contributed by atoms with van der Waals surface area (Å²) in [4.78, 5) is 0. The van der Waals surface area contributed by atoms with Crippen LogP contribution in [0.3, 0.4) is 0 Å². The molecule has 0 aliphatic rings. The zero-order chi connectivity index (χ0) is 42.1. The molecule has 59 heavy (non-hydrogen) atoms. The van der Waals surface area contributed by atoms with E-state index in [2.05, 4.69) is 0 Å². The number of aryl methyl sites for hydroxylation is 2. The van der Waals surface area contributed by atoms with E-state index in [9.17, 15) is 17.6 Å². The summed E-state index contributed by atoms with van der Waals surface area (Å²) in [5, 5.41) is 0. The molecule has 0 heterocycles. The van der Waals surface area contributed by atoms with Crippen molar-refractivity contribution in [3.63, 3.8) is 0 Å². The summed E-state index contributed by atoms with van der Waals surface area (Å²) in [5.41, 5.74) is 0.584. The molecule has 0 spiro atoms. The van der Waals surface area contributed by atoms with Gasteiger partial charge in [-0.3, -0.25) is 8.78 Å². The van der Waals surface area contributed by atoms with Crippen molar-refractivity contribution in [2.45, 2.75) is 64.2 Å². The van der Waals surface area contributed by atoms with Crippen molar-refractivity contribution in [2.75, 3.05) is 13.3 Å². The van der Waals surface area contributed by atoms with Gasteiger partial charge in [0.05, 0.1) is 13.3 Å². The summed E-state index contributed by atoms with van der Waals surface area (Å²) < 4.78 is 152. The van der Waals surface area contributed by atoms with Gasteiger partial charge in [0.1, 0.15) is 34.8 Å². The van der Waals surface area contributed by atoms with Gasteiger partial charge in [-0.2, -0.15) is 0 Å². The fraction of sp³-hybridized carbons (Fsp3) is 0.250. The molecule has 11 heteroatoms. The van der Waals surface area contributed by atoms with E-state index in [1.807, 2.05) is 0 Å². The van der Waals surface area contributed by atoms with Crippen LogP contribution in [0.1, 0.15) is 71.9 Å². The van der Waals surface area contributed by atoms with Crippen LogP contribution >= 0.6 is 0 Å². The third-order valence-electron chi connectivity index (χ3n) is 10.3. The first-order valence-corrected chi connectivity index (χ1v) is 19.3. The van der Waals surface area contributed by atoms with Gasteiger partial charge in [-0.15, -0.1) is 0 Å². The van der Waals surface area contributed by atoms with Crippen molar-refractivity contribution >= 4 is 0 Å². The second-order valence-corrected chi connectivity index (χ2v) is 14.4. The fourth-order valence-electron chi connectivity index (χ4n) is 7.09. The van der Waals surface area contributed by atoms with E-state index >= 15 is 26.3 Å². The second kappa shape index (κ2) is 19.9. The van der Waals surface area contributed by atoms with Crippen molar-refractivity contribution in [3.05, 3.63) is 177 Å². The van der Waals surface area contributed by atoms with E-state index in [1.165, 1.54) is 60.7 Å². The molecule has 0 radical (unpaired) electrons. The zero-order valence-corrected chi connectivity index (χ0v) is 31.9. The topological polar surface area (TPSA) is 9.23 Å². The van der Waals surface area contributed by atoms with Crippen LogP contribution in [0.2, 0.25) is 0 Å². The average Bonchev–Trinajstić information content (AvgIpc) is 3.21. The molecule has 0 atom stereocenters. The maximum Gasteiger partial charge on any atom is 0.162 e. The molecule has 0 saturated heterocycles. The smallest absolute Gasteiger partial charge is 0.162 e. The lowest BCUT2D eigenvalue weighted by atomic mass is 9.92. The molecule has 0 amide bonds. The van der Waals surface area contributed by atoms with E-state index < -0.39 is 59.9 Å². The predicted molar refractivity (Wildman–Crippen MR) is 209 cm³/mol. The van der Waals surface area contributed by atoms with Gasteiger partial charge in [0.25, 0.3) is 0 Å². The van der Waals surface area contributed by atoms with Crippen LogP contribution in [0.15, 0.2) is 97.1 Å². The molecule has 0 saturated carbocycles. The van der Waals surface area contributed by atoms with Crippen LogP contribution in [-0.2, 0) is 25.7 Å². The summed E-state index contributed by atoms with van der Waals surface area (Å²) >= 11 is 0. The molecule has 6 aromatic rings. The largest absolute Gasteiger partial charge is 0.457 e. The van der Waals surface area contributed by atoms with Crippen LogP contribution in [0, 0.1) is 46.5 Å². The highest BCUT2D eigenvalue weighted by molar-refractivity contribution is 5.71. The number of benzene rings is 6. The van der Waals surface area contributed by atoms with Crippen LogP contribution in [-0.4, -0.2) is 13.3 Å². The van der Waals surface area contributed by atoms with Crippen molar-refractivity contribution < 1.29 is 48.6 Å². The molecule has 0 aromatic heterocycles. The Morgan fingerprint density at radius 1 is 0.356 bits per heavy atom. The number of ether oxygens (including phenoxy) is 1. The van der Waals surface area contributed by atoms with Gasteiger partial charge < -0.3 is 4.74 Å². The van der Waals surface area contributed by atoms with Crippen LogP contribution in [0.4, 0.5) is 43.9 Å². The minimum Gasteiger partial charge on any atom is -0.457 e. The number of halogens is 10. The van der Waals surface area contributed by atoms with Crippen molar-refractivity contribution in [1.29, 1.82) is 0 Å². The summed E-state index contributed by atoms with van der Waals surface area (Å²) in [7, 11) is 0. The highest BCUT2D eigenvalue weighted by Crippen LogP contribution is 2.37. The van der Waals surface area contributed by atoms with Gasteiger partial charge in [-0.1, -0.05) is 49.2 Å². The summed E-state index contributed by atoms with van der Waals surface area (Å²) in [6, 6.07) is 20.0. The Bertz CT molecular complexity index is 2240. The van der Waals surface area contributed by atoms with E-state index in [0.29, 0.717) is 62.5 Å². The van der Waals surface area contributed by atoms with E-state index in [1.54, 1.807) is 12.1 Å². The highest BCUT2D eigenvalue weighted by atomic mass is 19.2. The second-order valence-electron chi connectivity index (χ2n) is 14.4.